The van der Waals surface area contributed by atoms with E-state index in [4.69, 9.17) is 19.9 Å². The summed E-state index contributed by atoms with van der Waals surface area (Å²) in [4.78, 5) is 135. The molecule has 150 heavy (non-hydrogen) atoms. The van der Waals surface area contributed by atoms with Crippen molar-refractivity contribution in [3.05, 3.63) is 294 Å². The van der Waals surface area contributed by atoms with E-state index in [0.29, 0.717) is 76.0 Å². The molecule has 0 saturated heterocycles. The zero-order valence-electron chi connectivity index (χ0n) is 82.5. The minimum Gasteiger partial charge on any atom is -0.335 e. The molecule has 0 bridgehead atoms. The van der Waals surface area contributed by atoms with Crippen molar-refractivity contribution in [2.75, 3.05) is 21.3 Å². The molecule has 20 aromatic heterocycles. The predicted molar refractivity (Wildman–Crippen MR) is 581 cm³/mol. The first-order valence-electron chi connectivity index (χ1n) is 49.1. The number of pyridine rings is 12. The van der Waals surface area contributed by atoms with E-state index >= 15 is 0 Å². The number of hydrogen-bond donors (Lipinski definition) is 12. The molecule has 0 atom stereocenters. The number of H-pyrrole nitrogens is 8. The Labute approximate surface area is 856 Å². The first-order valence-corrected chi connectivity index (χ1v) is 49.1. The minimum atomic E-state index is -0.500. The van der Waals surface area contributed by atoms with Crippen molar-refractivity contribution in [3.8, 4) is 135 Å². The molecule has 0 spiro atoms. The Balaban J connectivity index is 0.000000113. The molecule has 0 aliphatic heterocycles. The molecule has 20 heterocycles. The number of nitrogens with zero attached hydrogens (tertiary/aromatic N) is 20. The van der Waals surface area contributed by atoms with Crippen LogP contribution in [0.3, 0.4) is 0 Å². The van der Waals surface area contributed by atoms with Crippen LogP contribution in [0, 0.1) is 16.7 Å². The molecule has 1 saturated carbocycles. The summed E-state index contributed by atoms with van der Waals surface area (Å²) in [6.45, 7) is 13.7. The molecular formula is C114H98N32O4. The van der Waals surface area contributed by atoms with Gasteiger partial charge in [0.05, 0.1) is 116 Å². The van der Waals surface area contributed by atoms with E-state index in [-0.39, 0.29) is 35.0 Å². The number of anilines is 4. The molecule has 36 heteroatoms. The summed E-state index contributed by atoms with van der Waals surface area (Å²) in [7, 11) is 0. The smallest absolute Gasteiger partial charge is 0.229 e. The second-order valence-electron chi connectivity index (χ2n) is 38.9. The van der Waals surface area contributed by atoms with Gasteiger partial charge < -0.3 is 41.2 Å². The van der Waals surface area contributed by atoms with Gasteiger partial charge in [0.1, 0.15) is 44.8 Å². The van der Waals surface area contributed by atoms with Gasteiger partial charge in [-0.15, -0.1) is 0 Å². The quantitative estimate of drug-likeness (QED) is 0.0337. The summed E-state index contributed by atoms with van der Waals surface area (Å²) >= 11 is 0. The summed E-state index contributed by atoms with van der Waals surface area (Å²) in [6.07, 6.45) is 49.3. The molecule has 4 aromatic carbocycles. The number of amides is 4. The first kappa shape index (κ1) is 95.2. The average molecular weight is 1980 g/mol. The first-order chi connectivity index (χ1) is 73.1. The van der Waals surface area contributed by atoms with Crippen LogP contribution in [-0.4, -0.2) is 164 Å². The Morgan fingerprint density at radius 2 is 0.593 bits per heavy atom. The number of aromatic amines is 8. The van der Waals surface area contributed by atoms with Crippen LogP contribution in [0.4, 0.5) is 22.7 Å². The van der Waals surface area contributed by atoms with E-state index in [1.807, 2.05) is 182 Å². The number of aromatic nitrogens is 28. The van der Waals surface area contributed by atoms with E-state index in [1.165, 1.54) is 6.42 Å². The van der Waals surface area contributed by atoms with Crippen LogP contribution in [0.1, 0.15) is 99.8 Å². The van der Waals surface area contributed by atoms with Crippen molar-refractivity contribution in [1.29, 1.82) is 0 Å². The minimum absolute atomic E-state index is 0.0194. The summed E-state index contributed by atoms with van der Waals surface area (Å²) in [5.41, 5.74) is 29.8. The highest BCUT2D eigenvalue weighted by atomic mass is 16.2. The topological polar surface area (TPSA) is 501 Å². The summed E-state index contributed by atoms with van der Waals surface area (Å²) < 4.78 is 0. The van der Waals surface area contributed by atoms with Gasteiger partial charge in [-0.05, 0) is 144 Å². The van der Waals surface area contributed by atoms with Gasteiger partial charge in [-0.2, -0.15) is 20.4 Å². The molecule has 1 aliphatic carbocycles. The van der Waals surface area contributed by atoms with Gasteiger partial charge in [0, 0.05) is 212 Å². The molecule has 1 aliphatic rings. The molecule has 36 nitrogen and oxygen atoms in total. The molecule has 24 aromatic rings. The van der Waals surface area contributed by atoms with Crippen molar-refractivity contribution in [1.82, 2.24) is 140 Å². The average Bonchev–Trinajstić information content (AvgIpc) is 1.63. The number of fused-ring (bicyclic) bond motifs is 8. The number of hydrogen-bond acceptors (Lipinski definition) is 24. The van der Waals surface area contributed by atoms with Crippen LogP contribution in [0.2, 0.25) is 0 Å². The van der Waals surface area contributed by atoms with E-state index in [9.17, 15) is 19.2 Å². The summed E-state index contributed by atoms with van der Waals surface area (Å²) in [5.74, 6) is 2.63. The highest BCUT2D eigenvalue weighted by molar-refractivity contribution is 6.05. The van der Waals surface area contributed by atoms with Crippen LogP contribution in [-0.2, 0) is 19.2 Å². The lowest BCUT2D eigenvalue weighted by Crippen LogP contribution is -2.27. The standard InChI is InChI=1S/C30H26N8O.C29H26N8O.C28H24N8O.C27H22N8O/c39-30(18-5-2-1-3-6-18)34-22-11-21(14-32-15-22)19-8-9-25-23(12-19)28(38-37-25)29-35-26-17-33-16-24(27(26)36-29)20-7-4-10-31-13-20;1-29(2,3)11-25(38)33-20-9-19(13-31-14-20)17-6-7-23-21(10-17)27(37-36-23)28-34-24-16-32-15-22(26(24)35-28)18-5-4-8-30-12-18;1-28(2,3)27(37)32-19-9-18(12-30-13-19)16-6-7-22-20(10-16)25(36-35-22)26-33-23-15-31-14-21(24(23)34-26)17-5-4-8-29-11-17;1-2-4-24(36)31-19-9-18(12-29-13-19)16-6-7-22-20(10-16)26(35-34-22)27-32-23-15-30-14-21(25(23)33-27)17-5-3-8-28-11-17/h4,7-18H,1-3,5-6H2,(H,34,39)(H,35,36)(H,37,38);4-10,12-16H,11H2,1-3H3,(H,33,38)(H,34,35)(H,36,37);4-15H,1-3H3,(H,32,37)(H,33,34)(H,35,36);3,5-15H,2,4H2,1H3,(H,31,36)(H,32,33)(H,34,35). The highest BCUT2D eigenvalue weighted by Gasteiger charge is 2.28. The van der Waals surface area contributed by atoms with E-state index in [2.05, 4.69) is 160 Å². The number of carbonyl (C=O) groups excluding carboxylic acids is 4. The zero-order valence-corrected chi connectivity index (χ0v) is 82.5. The number of nitrogens with one attached hydrogen (secondary N) is 12. The molecule has 12 N–H and O–H groups in total. The second-order valence-corrected chi connectivity index (χ2v) is 38.9. The summed E-state index contributed by atoms with van der Waals surface area (Å²) in [6, 6.07) is 47.5. The zero-order chi connectivity index (χ0) is 103. The van der Waals surface area contributed by atoms with Gasteiger partial charge in [0.15, 0.2) is 23.3 Å². The van der Waals surface area contributed by atoms with Crippen molar-refractivity contribution < 1.29 is 19.2 Å². The molecule has 4 amide bonds. The normalized spacial score (nSPS) is 12.3. The maximum Gasteiger partial charge on any atom is 0.229 e. The fourth-order valence-corrected chi connectivity index (χ4v) is 18.3. The van der Waals surface area contributed by atoms with Crippen LogP contribution >= 0.6 is 0 Å². The number of benzene rings is 4. The highest BCUT2D eigenvalue weighted by Crippen LogP contribution is 2.42. The van der Waals surface area contributed by atoms with Gasteiger partial charge in [-0.1, -0.05) is 116 Å². The Morgan fingerprint density at radius 3 is 0.887 bits per heavy atom. The van der Waals surface area contributed by atoms with E-state index < -0.39 is 5.41 Å². The fourth-order valence-electron chi connectivity index (χ4n) is 18.3. The predicted octanol–water partition coefficient (Wildman–Crippen LogP) is 23.1. The van der Waals surface area contributed by atoms with Crippen molar-refractivity contribution in [3.63, 3.8) is 0 Å². The number of carbonyl (C=O) groups is 4. The van der Waals surface area contributed by atoms with Crippen LogP contribution in [0.5, 0.6) is 0 Å². The fraction of sp³-hybridized carbons (Fsp3) is 0.158. The van der Waals surface area contributed by atoms with Gasteiger partial charge in [-0.3, -0.25) is 99.4 Å². The maximum absolute atomic E-state index is 12.8. The summed E-state index contributed by atoms with van der Waals surface area (Å²) in [5, 5.41) is 46.3. The second kappa shape index (κ2) is 41.2. The van der Waals surface area contributed by atoms with E-state index in [0.717, 1.165) is 215 Å². The molecule has 738 valence electrons. The number of rotatable bonds is 20. The van der Waals surface area contributed by atoms with Crippen LogP contribution < -0.4 is 21.3 Å². The monoisotopic (exact) mass is 1980 g/mol. The lowest BCUT2D eigenvalue weighted by atomic mass is 9.88. The van der Waals surface area contributed by atoms with Crippen LogP contribution in [0.15, 0.2) is 294 Å². The van der Waals surface area contributed by atoms with Crippen LogP contribution in [0.25, 0.3) is 223 Å². The van der Waals surface area contributed by atoms with Gasteiger partial charge in [0.25, 0.3) is 0 Å². The third kappa shape index (κ3) is 20.5. The molecule has 1 fully saturated rings. The molecule has 25 rings (SSSR count). The Hall–Kier alpha value is -19.7. The van der Waals surface area contributed by atoms with Gasteiger partial charge >= 0.3 is 0 Å². The van der Waals surface area contributed by atoms with Gasteiger partial charge in [0.2, 0.25) is 23.6 Å². The molecule has 0 unspecified atom stereocenters. The number of imidazole rings is 4. The van der Waals surface area contributed by atoms with Crippen molar-refractivity contribution >= 4 is 134 Å². The SMILES string of the molecule is CC(C)(C)C(=O)Nc1cncc(-c2ccc3[nH]nc(-c4nc5c(-c6cccnc6)cncc5[nH]4)c3c2)c1.CC(C)(C)CC(=O)Nc1cncc(-c2ccc3[nH]nc(-c4nc5c(-c6cccnc6)cncc5[nH]4)c3c2)c1.CCCC(=O)Nc1cncc(-c2ccc3[nH]nc(-c4nc5c(-c6cccnc6)cncc5[nH]4)c3c2)c1.O=C(Nc1cncc(-c2ccc3[nH]nc(-c4nc5c(-c6cccnc6)cncc5[nH]4)c3c2)c1)C1CCCCC1. The molecular weight excluding hydrogens is 1880 g/mol. The van der Waals surface area contributed by atoms with Crippen molar-refractivity contribution in [2.24, 2.45) is 16.7 Å². The Kier molecular flexibility index (Phi) is 26.1. The van der Waals surface area contributed by atoms with Gasteiger partial charge in [-0.25, -0.2) is 19.9 Å². The third-order valence-corrected chi connectivity index (χ3v) is 25.8. The lowest BCUT2D eigenvalue weighted by Gasteiger charge is -2.20. The lowest BCUT2D eigenvalue weighted by molar-refractivity contribution is -0.123. The molecule has 0 radical (unpaired) electrons. The Morgan fingerprint density at radius 1 is 0.300 bits per heavy atom. The van der Waals surface area contributed by atoms with Crippen molar-refractivity contribution in [2.45, 2.75) is 99.8 Å². The third-order valence-electron chi connectivity index (χ3n) is 25.8. The largest absolute Gasteiger partial charge is 0.335 e. The maximum atomic E-state index is 12.8. The van der Waals surface area contributed by atoms with E-state index in [1.54, 1.807) is 143 Å². The Bertz CT molecular complexity index is 9150.